The number of methoxy groups -OCH3 is 1. The summed E-state index contributed by atoms with van der Waals surface area (Å²) in [5, 5.41) is 5.58. The minimum Gasteiger partial charge on any atom is -0.496 e. The van der Waals surface area contributed by atoms with Crippen molar-refractivity contribution in [2.24, 2.45) is 5.10 Å². The number of hydrogen-bond donors (Lipinski definition) is 0. The van der Waals surface area contributed by atoms with Gasteiger partial charge in [-0.05, 0) is 42.3 Å². The summed E-state index contributed by atoms with van der Waals surface area (Å²) in [6, 6.07) is 11.2. The van der Waals surface area contributed by atoms with Gasteiger partial charge in [-0.25, -0.2) is 9.40 Å². The molecule has 178 valence electrons. The molecule has 0 radical (unpaired) electrons. The molecule has 0 N–H and O–H groups in total. The summed E-state index contributed by atoms with van der Waals surface area (Å²) in [6.07, 6.45) is 0.472. The van der Waals surface area contributed by atoms with E-state index in [4.69, 9.17) is 4.74 Å². The van der Waals surface area contributed by atoms with E-state index in [1.807, 2.05) is 13.0 Å². The maximum atomic E-state index is 13.2. The fourth-order valence-corrected chi connectivity index (χ4v) is 4.07. The standard InChI is InChI=1S/C25H27FN4O4/c1-17-3-6-19(15-22(17)34-2)24(32)28-11-13-29(14-12-28)25(33)21-9-10-23(31)30(27-21)16-18-4-7-20(26)8-5-18/h3-8,15H,9-14,16H2,1-2H3. The van der Waals surface area contributed by atoms with Gasteiger partial charge in [-0.15, -0.1) is 0 Å². The highest BCUT2D eigenvalue weighted by atomic mass is 19.1. The van der Waals surface area contributed by atoms with Gasteiger partial charge in [0.25, 0.3) is 11.8 Å². The Morgan fingerprint density at radius 2 is 1.62 bits per heavy atom. The highest BCUT2D eigenvalue weighted by Crippen LogP contribution is 2.21. The van der Waals surface area contributed by atoms with Gasteiger partial charge >= 0.3 is 0 Å². The van der Waals surface area contributed by atoms with E-state index < -0.39 is 0 Å². The second-order valence-electron chi connectivity index (χ2n) is 8.39. The van der Waals surface area contributed by atoms with Crippen LogP contribution < -0.4 is 4.74 Å². The van der Waals surface area contributed by atoms with Crippen molar-refractivity contribution in [3.05, 3.63) is 65.0 Å². The summed E-state index contributed by atoms with van der Waals surface area (Å²) < 4.78 is 18.5. The molecule has 1 saturated heterocycles. The Morgan fingerprint density at radius 3 is 2.26 bits per heavy atom. The number of aryl methyl sites for hydroxylation is 1. The molecule has 0 spiro atoms. The first-order valence-corrected chi connectivity index (χ1v) is 11.2. The predicted octanol–water partition coefficient (Wildman–Crippen LogP) is 2.61. The van der Waals surface area contributed by atoms with Crippen molar-refractivity contribution in [2.45, 2.75) is 26.3 Å². The van der Waals surface area contributed by atoms with Crippen molar-refractivity contribution in [2.75, 3.05) is 33.3 Å². The second kappa shape index (κ2) is 10.0. The van der Waals surface area contributed by atoms with Crippen molar-refractivity contribution in [1.82, 2.24) is 14.8 Å². The van der Waals surface area contributed by atoms with Gasteiger partial charge in [0.2, 0.25) is 5.91 Å². The van der Waals surface area contributed by atoms with Crippen molar-refractivity contribution in [3.63, 3.8) is 0 Å². The van der Waals surface area contributed by atoms with Crippen LogP contribution in [0.25, 0.3) is 0 Å². The fraction of sp³-hybridized carbons (Fsp3) is 0.360. The molecule has 2 aliphatic rings. The van der Waals surface area contributed by atoms with Gasteiger partial charge in [0.1, 0.15) is 17.3 Å². The molecule has 2 aromatic rings. The highest BCUT2D eigenvalue weighted by molar-refractivity contribution is 6.39. The van der Waals surface area contributed by atoms with E-state index in [1.165, 1.54) is 17.1 Å². The summed E-state index contributed by atoms with van der Waals surface area (Å²) in [5.74, 6) is -0.191. The zero-order valence-corrected chi connectivity index (χ0v) is 19.3. The van der Waals surface area contributed by atoms with Crippen LogP contribution >= 0.6 is 0 Å². The van der Waals surface area contributed by atoms with Gasteiger partial charge in [-0.1, -0.05) is 18.2 Å². The molecule has 2 aliphatic heterocycles. The second-order valence-corrected chi connectivity index (χ2v) is 8.39. The summed E-state index contributed by atoms with van der Waals surface area (Å²) in [4.78, 5) is 41.7. The number of halogens is 1. The van der Waals surface area contributed by atoms with Crippen LogP contribution in [0.1, 0.15) is 34.3 Å². The lowest BCUT2D eigenvalue weighted by molar-refractivity contribution is -0.132. The van der Waals surface area contributed by atoms with Gasteiger partial charge in [0.15, 0.2) is 0 Å². The molecular formula is C25H27FN4O4. The third-order valence-electron chi connectivity index (χ3n) is 6.11. The molecule has 2 heterocycles. The van der Waals surface area contributed by atoms with E-state index in [-0.39, 0.29) is 42.9 Å². The number of hydrazone groups is 1. The third kappa shape index (κ3) is 5.08. The van der Waals surface area contributed by atoms with Crippen LogP contribution in [0, 0.1) is 12.7 Å². The van der Waals surface area contributed by atoms with E-state index in [9.17, 15) is 18.8 Å². The number of benzene rings is 2. The molecule has 3 amide bonds. The Labute approximate surface area is 197 Å². The lowest BCUT2D eigenvalue weighted by Crippen LogP contribution is -2.52. The molecule has 0 atom stereocenters. The topological polar surface area (TPSA) is 82.5 Å². The summed E-state index contributed by atoms with van der Waals surface area (Å²) >= 11 is 0. The van der Waals surface area contributed by atoms with Gasteiger partial charge in [0, 0.05) is 44.6 Å². The minimum atomic E-state index is -0.354. The molecule has 0 bridgehead atoms. The molecular weight excluding hydrogens is 439 g/mol. The van der Waals surface area contributed by atoms with Crippen molar-refractivity contribution in [1.29, 1.82) is 0 Å². The van der Waals surface area contributed by atoms with Gasteiger partial charge in [-0.3, -0.25) is 14.4 Å². The summed E-state index contributed by atoms with van der Waals surface area (Å²) in [7, 11) is 1.57. The first-order chi connectivity index (χ1) is 16.4. The molecule has 1 fully saturated rings. The third-order valence-corrected chi connectivity index (χ3v) is 6.11. The van der Waals surface area contributed by atoms with E-state index in [0.29, 0.717) is 43.2 Å². The van der Waals surface area contributed by atoms with Crippen LogP contribution in [0.4, 0.5) is 4.39 Å². The normalized spacial score (nSPS) is 16.4. The van der Waals surface area contributed by atoms with Crippen molar-refractivity contribution < 1.29 is 23.5 Å². The number of piperazine rings is 1. The maximum Gasteiger partial charge on any atom is 0.270 e. The number of hydrogen-bond acceptors (Lipinski definition) is 5. The molecule has 4 rings (SSSR count). The minimum absolute atomic E-state index is 0.100. The van der Waals surface area contributed by atoms with Crippen molar-refractivity contribution in [3.8, 4) is 5.75 Å². The SMILES string of the molecule is COc1cc(C(=O)N2CCN(C(=O)C3=NN(Cc4ccc(F)cc4)C(=O)CC3)CC2)ccc1C. The Hall–Kier alpha value is -3.75. The van der Waals surface area contributed by atoms with Gasteiger partial charge in [0.05, 0.1) is 13.7 Å². The molecule has 0 aliphatic carbocycles. The zero-order valence-electron chi connectivity index (χ0n) is 19.3. The molecule has 8 nitrogen and oxygen atoms in total. The summed E-state index contributed by atoms with van der Waals surface area (Å²) in [5.41, 5.74) is 2.56. The highest BCUT2D eigenvalue weighted by Gasteiger charge is 2.31. The lowest BCUT2D eigenvalue weighted by Gasteiger charge is -2.35. The Bertz CT molecular complexity index is 1120. The number of carbonyl (C=O) groups excluding carboxylic acids is 3. The van der Waals surface area contributed by atoms with Crippen LogP contribution in [-0.2, 0) is 16.1 Å². The Morgan fingerprint density at radius 1 is 0.971 bits per heavy atom. The largest absolute Gasteiger partial charge is 0.496 e. The number of rotatable bonds is 5. The number of amides is 3. The van der Waals surface area contributed by atoms with Crippen LogP contribution in [-0.4, -0.2) is 71.5 Å². The van der Waals surface area contributed by atoms with E-state index in [1.54, 1.807) is 41.2 Å². The van der Waals surface area contributed by atoms with E-state index >= 15 is 0 Å². The van der Waals surface area contributed by atoms with Crippen molar-refractivity contribution >= 4 is 23.4 Å². The first kappa shape index (κ1) is 23.4. The summed E-state index contributed by atoms with van der Waals surface area (Å²) in [6.45, 7) is 3.69. The molecule has 9 heteroatoms. The fourth-order valence-electron chi connectivity index (χ4n) is 4.07. The molecule has 0 aromatic heterocycles. The smallest absolute Gasteiger partial charge is 0.270 e. The predicted molar refractivity (Wildman–Crippen MR) is 124 cm³/mol. The monoisotopic (exact) mass is 466 g/mol. The van der Waals surface area contributed by atoms with Gasteiger partial charge < -0.3 is 14.5 Å². The van der Waals surface area contributed by atoms with Crippen LogP contribution in [0.2, 0.25) is 0 Å². The zero-order chi connectivity index (χ0) is 24.2. The number of carbonyl (C=O) groups is 3. The Balaban J connectivity index is 1.38. The average molecular weight is 467 g/mol. The van der Waals surface area contributed by atoms with Crippen LogP contribution in [0.3, 0.4) is 0 Å². The van der Waals surface area contributed by atoms with Crippen LogP contribution in [0.15, 0.2) is 47.6 Å². The number of ether oxygens (including phenoxy) is 1. The molecule has 0 saturated carbocycles. The maximum absolute atomic E-state index is 13.2. The molecule has 0 unspecified atom stereocenters. The average Bonchev–Trinajstić information content (AvgIpc) is 2.86. The van der Waals surface area contributed by atoms with Crippen LogP contribution in [0.5, 0.6) is 5.75 Å². The molecule has 34 heavy (non-hydrogen) atoms. The molecule has 2 aromatic carbocycles. The van der Waals surface area contributed by atoms with Gasteiger partial charge in [-0.2, -0.15) is 5.10 Å². The number of nitrogens with zero attached hydrogens (tertiary/aromatic N) is 4. The first-order valence-electron chi connectivity index (χ1n) is 11.2. The Kier molecular flexibility index (Phi) is 6.90. The lowest BCUT2D eigenvalue weighted by atomic mass is 10.1. The van der Waals surface area contributed by atoms with E-state index in [0.717, 1.165) is 11.1 Å². The van der Waals surface area contributed by atoms with E-state index in [2.05, 4.69) is 5.10 Å². The quantitative estimate of drug-likeness (QED) is 0.678.